The van der Waals surface area contributed by atoms with Crippen molar-refractivity contribution in [3.8, 4) is 0 Å². The monoisotopic (exact) mass is 199 g/mol. The van der Waals surface area contributed by atoms with E-state index in [1.54, 1.807) is 6.92 Å². The molecule has 4 nitrogen and oxygen atoms in total. The van der Waals surface area contributed by atoms with Crippen molar-refractivity contribution in [2.75, 3.05) is 6.61 Å². The van der Waals surface area contributed by atoms with Gasteiger partial charge in [0.1, 0.15) is 6.61 Å². The Morgan fingerprint density at radius 2 is 2.29 bits per heavy atom. The molecule has 0 N–H and O–H groups in total. The molecule has 0 unspecified atom stereocenters. The van der Waals surface area contributed by atoms with Crippen LogP contribution in [0.3, 0.4) is 0 Å². The summed E-state index contributed by atoms with van der Waals surface area (Å²) in [4.78, 5) is 24.0. The Balaban J connectivity index is 2.66. The van der Waals surface area contributed by atoms with E-state index in [4.69, 9.17) is 4.74 Å². The standard InChI is InChI=1S/C10H17NO3/c1-4-9(12)11-8(5-7(2)3)6-14-10(11)13/h7-8H,4-6H2,1-3H3/t8-/m0/s1. The number of nitrogens with zero attached hydrogens (tertiary/aromatic N) is 1. The van der Waals surface area contributed by atoms with Gasteiger partial charge < -0.3 is 4.74 Å². The first kappa shape index (κ1) is 11.0. The Morgan fingerprint density at radius 1 is 1.64 bits per heavy atom. The average Bonchev–Trinajstić information content (AvgIpc) is 2.45. The van der Waals surface area contributed by atoms with Gasteiger partial charge >= 0.3 is 6.09 Å². The van der Waals surface area contributed by atoms with Crippen molar-refractivity contribution in [2.24, 2.45) is 5.92 Å². The van der Waals surface area contributed by atoms with Gasteiger partial charge in [-0.25, -0.2) is 9.69 Å². The van der Waals surface area contributed by atoms with Gasteiger partial charge in [-0.15, -0.1) is 0 Å². The van der Waals surface area contributed by atoms with E-state index >= 15 is 0 Å². The predicted molar refractivity (Wildman–Crippen MR) is 51.7 cm³/mol. The van der Waals surface area contributed by atoms with Gasteiger partial charge in [-0.05, 0) is 12.3 Å². The Morgan fingerprint density at radius 3 is 2.79 bits per heavy atom. The maximum absolute atomic E-state index is 11.4. The lowest BCUT2D eigenvalue weighted by molar-refractivity contribution is -0.129. The highest BCUT2D eigenvalue weighted by Crippen LogP contribution is 2.20. The second-order valence-electron chi connectivity index (χ2n) is 3.98. The summed E-state index contributed by atoms with van der Waals surface area (Å²) < 4.78 is 4.87. The second kappa shape index (κ2) is 4.44. The maximum Gasteiger partial charge on any atom is 0.416 e. The molecule has 80 valence electrons. The number of carbonyl (C=O) groups excluding carboxylic acids is 2. The van der Waals surface area contributed by atoms with Gasteiger partial charge in [0.05, 0.1) is 6.04 Å². The smallest absolute Gasteiger partial charge is 0.416 e. The van der Waals surface area contributed by atoms with E-state index in [0.29, 0.717) is 18.9 Å². The number of amides is 2. The summed E-state index contributed by atoms with van der Waals surface area (Å²) in [6.07, 6.45) is 0.684. The van der Waals surface area contributed by atoms with E-state index in [9.17, 15) is 9.59 Å². The minimum Gasteiger partial charge on any atom is -0.447 e. The van der Waals surface area contributed by atoms with Crippen LogP contribution in [0.1, 0.15) is 33.6 Å². The molecule has 1 atom stereocenters. The van der Waals surface area contributed by atoms with Crippen molar-refractivity contribution in [1.29, 1.82) is 0 Å². The molecule has 1 aliphatic rings. The van der Waals surface area contributed by atoms with E-state index in [2.05, 4.69) is 13.8 Å². The van der Waals surface area contributed by atoms with Crippen LogP contribution in [0.2, 0.25) is 0 Å². The van der Waals surface area contributed by atoms with Crippen molar-refractivity contribution >= 4 is 12.0 Å². The van der Waals surface area contributed by atoms with Gasteiger partial charge in [0.2, 0.25) is 5.91 Å². The number of carbonyl (C=O) groups is 2. The highest BCUT2D eigenvalue weighted by molar-refractivity contribution is 5.93. The third kappa shape index (κ3) is 2.25. The predicted octanol–water partition coefficient (Wildman–Crippen LogP) is 1.79. The maximum atomic E-state index is 11.4. The van der Waals surface area contributed by atoms with Crippen LogP contribution in [0, 0.1) is 5.92 Å². The molecule has 2 amide bonds. The number of cyclic esters (lactones) is 1. The summed E-state index contributed by atoms with van der Waals surface area (Å²) in [5.41, 5.74) is 0. The fraction of sp³-hybridized carbons (Fsp3) is 0.800. The molecule has 0 spiro atoms. The molecule has 1 aliphatic heterocycles. The van der Waals surface area contributed by atoms with Crippen LogP contribution < -0.4 is 0 Å². The Labute approximate surface area is 84.2 Å². The normalized spacial score (nSPS) is 21.6. The van der Waals surface area contributed by atoms with Gasteiger partial charge in [-0.2, -0.15) is 0 Å². The van der Waals surface area contributed by atoms with E-state index in [1.165, 1.54) is 4.90 Å². The van der Waals surface area contributed by atoms with E-state index < -0.39 is 6.09 Å². The molecule has 4 heteroatoms. The quantitative estimate of drug-likeness (QED) is 0.696. The van der Waals surface area contributed by atoms with Gasteiger partial charge in [0, 0.05) is 6.42 Å². The molecule has 1 fully saturated rings. The van der Waals surface area contributed by atoms with E-state index in [-0.39, 0.29) is 11.9 Å². The summed E-state index contributed by atoms with van der Waals surface area (Å²) in [6, 6.07) is -0.0602. The number of ether oxygens (including phenoxy) is 1. The summed E-state index contributed by atoms with van der Waals surface area (Å²) in [5.74, 6) is 0.319. The minimum absolute atomic E-state index is 0.0602. The van der Waals surface area contributed by atoms with Crippen molar-refractivity contribution in [2.45, 2.75) is 39.7 Å². The van der Waals surface area contributed by atoms with Crippen molar-refractivity contribution in [1.82, 2.24) is 4.90 Å². The van der Waals surface area contributed by atoms with Crippen molar-refractivity contribution in [3.63, 3.8) is 0 Å². The van der Waals surface area contributed by atoms with Crippen LogP contribution in [0.5, 0.6) is 0 Å². The zero-order valence-corrected chi connectivity index (χ0v) is 8.95. The highest BCUT2D eigenvalue weighted by Gasteiger charge is 2.36. The third-order valence-corrected chi connectivity index (χ3v) is 2.28. The summed E-state index contributed by atoms with van der Waals surface area (Å²) in [7, 11) is 0. The topological polar surface area (TPSA) is 46.6 Å². The molecule has 0 radical (unpaired) electrons. The lowest BCUT2D eigenvalue weighted by Gasteiger charge is -2.20. The fourth-order valence-electron chi connectivity index (χ4n) is 1.65. The molecule has 1 rings (SSSR count). The molecule has 1 saturated heterocycles. The second-order valence-corrected chi connectivity index (χ2v) is 3.98. The Hall–Kier alpha value is -1.06. The number of hydrogen-bond donors (Lipinski definition) is 0. The number of hydrogen-bond acceptors (Lipinski definition) is 3. The highest BCUT2D eigenvalue weighted by atomic mass is 16.6. The number of imide groups is 1. The first-order chi connectivity index (χ1) is 6.56. The third-order valence-electron chi connectivity index (χ3n) is 2.28. The van der Waals surface area contributed by atoms with Crippen LogP contribution in [0.4, 0.5) is 4.79 Å². The SMILES string of the molecule is CCC(=O)N1C(=O)OC[C@@H]1CC(C)C. The Kier molecular flexibility index (Phi) is 3.49. The van der Waals surface area contributed by atoms with Crippen LogP contribution >= 0.6 is 0 Å². The van der Waals surface area contributed by atoms with Crippen LogP contribution in [0.15, 0.2) is 0 Å². The molecular weight excluding hydrogens is 182 g/mol. The summed E-state index contributed by atoms with van der Waals surface area (Å²) in [6.45, 7) is 6.23. The molecule has 0 aromatic carbocycles. The molecule has 0 aliphatic carbocycles. The van der Waals surface area contributed by atoms with Crippen molar-refractivity contribution in [3.05, 3.63) is 0 Å². The van der Waals surface area contributed by atoms with Crippen LogP contribution in [-0.2, 0) is 9.53 Å². The summed E-state index contributed by atoms with van der Waals surface area (Å²) >= 11 is 0. The van der Waals surface area contributed by atoms with Gasteiger partial charge in [0.25, 0.3) is 0 Å². The zero-order chi connectivity index (χ0) is 10.7. The van der Waals surface area contributed by atoms with Gasteiger partial charge in [-0.1, -0.05) is 20.8 Å². The number of rotatable bonds is 3. The van der Waals surface area contributed by atoms with Gasteiger partial charge in [0.15, 0.2) is 0 Å². The first-order valence-electron chi connectivity index (χ1n) is 5.05. The van der Waals surface area contributed by atoms with Crippen LogP contribution in [0.25, 0.3) is 0 Å². The largest absolute Gasteiger partial charge is 0.447 e. The molecule has 0 aromatic rings. The first-order valence-corrected chi connectivity index (χ1v) is 5.05. The molecule has 0 saturated carbocycles. The van der Waals surface area contributed by atoms with Crippen LogP contribution in [-0.4, -0.2) is 29.5 Å². The molecular formula is C10H17NO3. The van der Waals surface area contributed by atoms with E-state index in [0.717, 1.165) is 6.42 Å². The molecule has 1 heterocycles. The average molecular weight is 199 g/mol. The molecule has 0 bridgehead atoms. The summed E-state index contributed by atoms with van der Waals surface area (Å²) in [5, 5.41) is 0. The lowest BCUT2D eigenvalue weighted by atomic mass is 10.0. The minimum atomic E-state index is -0.484. The lowest BCUT2D eigenvalue weighted by Crippen LogP contribution is -2.39. The van der Waals surface area contributed by atoms with Crippen molar-refractivity contribution < 1.29 is 14.3 Å². The van der Waals surface area contributed by atoms with E-state index in [1.807, 2.05) is 0 Å². The molecule has 0 aromatic heterocycles. The fourth-order valence-corrected chi connectivity index (χ4v) is 1.65. The molecule has 14 heavy (non-hydrogen) atoms. The zero-order valence-electron chi connectivity index (χ0n) is 8.95. The van der Waals surface area contributed by atoms with Gasteiger partial charge in [-0.3, -0.25) is 4.79 Å². The Bertz CT molecular complexity index is 238.